The van der Waals surface area contributed by atoms with Gasteiger partial charge in [0, 0.05) is 5.56 Å². The molecule has 82 valence electrons. The lowest BCUT2D eigenvalue weighted by Crippen LogP contribution is -2.00. The topological polar surface area (TPSA) is 67.6 Å². The van der Waals surface area contributed by atoms with Crippen LogP contribution in [-0.4, -0.2) is 15.0 Å². The third-order valence-electron chi connectivity index (χ3n) is 2.10. The zero-order chi connectivity index (χ0) is 11.7. The second-order valence-corrected chi connectivity index (χ2v) is 3.69. The molecule has 0 aliphatic rings. The summed E-state index contributed by atoms with van der Waals surface area (Å²) in [6, 6.07) is 4.65. The number of nitrogen functional groups attached to an aromatic ring is 1. The molecule has 0 bridgehead atoms. The van der Waals surface area contributed by atoms with Crippen molar-refractivity contribution in [1.29, 1.82) is 0 Å². The number of aromatic nitrogens is 3. The Kier molecular flexibility index (Phi) is 2.66. The van der Waals surface area contributed by atoms with Crippen LogP contribution >= 0.6 is 12.2 Å². The van der Waals surface area contributed by atoms with E-state index in [-0.39, 0.29) is 16.5 Å². The Morgan fingerprint density at radius 2 is 2.12 bits per heavy atom. The van der Waals surface area contributed by atoms with Crippen molar-refractivity contribution in [3.63, 3.8) is 0 Å². The minimum atomic E-state index is -0.260. The number of halogens is 1. The number of aryl methyl sites for hydroxylation is 1. The lowest BCUT2D eigenvalue weighted by Gasteiger charge is -2.03. The van der Waals surface area contributed by atoms with Gasteiger partial charge in [0.25, 0.3) is 0 Å². The number of hydrogen-bond donors (Lipinski definition) is 2. The molecule has 1 aromatic carbocycles. The van der Waals surface area contributed by atoms with E-state index in [0.29, 0.717) is 11.4 Å². The molecule has 16 heavy (non-hydrogen) atoms. The minimum absolute atomic E-state index is 0.160. The average molecular weight is 236 g/mol. The summed E-state index contributed by atoms with van der Waals surface area (Å²) in [5, 5.41) is 0. The summed E-state index contributed by atoms with van der Waals surface area (Å²) in [7, 11) is 0. The number of nitrogens with zero attached hydrogens (tertiary/aromatic N) is 2. The Balaban J connectivity index is 2.58. The third-order valence-corrected chi connectivity index (χ3v) is 2.28. The summed E-state index contributed by atoms with van der Waals surface area (Å²) in [6.07, 6.45) is 0. The van der Waals surface area contributed by atoms with E-state index in [4.69, 9.17) is 18.0 Å². The van der Waals surface area contributed by atoms with Crippen LogP contribution in [0.1, 0.15) is 5.56 Å². The van der Waals surface area contributed by atoms with Gasteiger partial charge in [0.05, 0.1) is 0 Å². The van der Waals surface area contributed by atoms with Crippen molar-refractivity contribution in [1.82, 2.24) is 15.0 Å². The van der Waals surface area contributed by atoms with Crippen molar-refractivity contribution < 1.29 is 4.39 Å². The SMILES string of the molecule is Cc1cc(-c2nc(=S)nc(N)[nH]2)ccc1F. The van der Waals surface area contributed by atoms with Crippen molar-refractivity contribution in [2.75, 3.05) is 5.73 Å². The normalized spacial score (nSPS) is 10.4. The first-order valence-corrected chi connectivity index (χ1v) is 4.97. The number of rotatable bonds is 1. The third kappa shape index (κ3) is 2.06. The first-order valence-electron chi connectivity index (χ1n) is 4.56. The van der Waals surface area contributed by atoms with Crippen molar-refractivity contribution in [2.45, 2.75) is 6.92 Å². The van der Waals surface area contributed by atoms with Crippen LogP contribution in [-0.2, 0) is 0 Å². The maximum absolute atomic E-state index is 13.1. The standard InChI is InChI=1S/C10H9FN4S/c1-5-4-6(2-3-7(5)11)8-13-9(12)15-10(16)14-8/h2-4H,1H3,(H3,12,13,14,15,16). The van der Waals surface area contributed by atoms with E-state index in [0.717, 1.165) is 5.56 Å². The summed E-state index contributed by atoms with van der Waals surface area (Å²) in [5.74, 6) is 0.418. The molecule has 0 fully saturated rings. The van der Waals surface area contributed by atoms with Gasteiger partial charge in [-0.15, -0.1) is 0 Å². The summed E-state index contributed by atoms with van der Waals surface area (Å²) in [5.41, 5.74) is 6.77. The highest BCUT2D eigenvalue weighted by atomic mass is 32.1. The number of aromatic amines is 1. The highest BCUT2D eigenvalue weighted by molar-refractivity contribution is 7.71. The molecule has 0 unspecified atom stereocenters. The van der Waals surface area contributed by atoms with Crippen molar-refractivity contribution in [3.05, 3.63) is 34.4 Å². The Bertz CT molecular complexity index is 594. The van der Waals surface area contributed by atoms with Crippen LogP contribution in [0.25, 0.3) is 11.4 Å². The summed E-state index contributed by atoms with van der Waals surface area (Å²) in [4.78, 5) is 10.5. The van der Waals surface area contributed by atoms with Crippen LogP contribution in [0.4, 0.5) is 10.3 Å². The fourth-order valence-corrected chi connectivity index (χ4v) is 1.52. The summed E-state index contributed by atoms with van der Waals surface area (Å²) in [6.45, 7) is 1.68. The van der Waals surface area contributed by atoms with E-state index in [1.54, 1.807) is 19.1 Å². The molecule has 0 saturated heterocycles. The monoisotopic (exact) mass is 236 g/mol. The van der Waals surface area contributed by atoms with Crippen LogP contribution in [0.5, 0.6) is 0 Å². The largest absolute Gasteiger partial charge is 0.369 e. The molecule has 1 heterocycles. The Morgan fingerprint density at radius 1 is 1.38 bits per heavy atom. The Labute approximate surface area is 96.4 Å². The number of nitrogens with two attached hydrogens (primary N) is 1. The smallest absolute Gasteiger partial charge is 0.224 e. The van der Waals surface area contributed by atoms with Crippen LogP contribution in [0.15, 0.2) is 18.2 Å². The van der Waals surface area contributed by atoms with E-state index in [1.807, 2.05) is 0 Å². The predicted octanol–water partition coefficient (Wildman–Crippen LogP) is 2.23. The number of benzene rings is 1. The molecule has 6 heteroatoms. The second-order valence-electron chi connectivity index (χ2n) is 3.33. The molecule has 4 nitrogen and oxygen atoms in total. The van der Waals surface area contributed by atoms with Gasteiger partial charge < -0.3 is 10.7 Å². The molecule has 0 aliphatic heterocycles. The van der Waals surface area contributed by atoms with Crippen LogP contribution < -0.4 is 5.73 Å². The number of nitrogens with one attached hydrogen (secondary N) is 1. The van der Waals surface area contributed by atoms with Crippen LogP contribution in [0, 0.1) is 17.5 Å². The van der Waals surface area contributed by atoms with E-state index in [9.17, 15) is 4.39 Å². The van der Waals surface area contributed by atoms with Gasteiger partial charge >= 0.3 is 0 Å². The van der Waals surface area contributed by atoms with E-state index >= 15 is 0 Å². The predicted molar refractivity (Wildman–Crippen MR) is 61.8 cm³/mol. The molecule has 0 amide bonds. The van der Waals surface area contributed by atoms with Gasteiger partial charge in [0.1, 0.15) is 11.6 Å². The zero-order valence-electron chi connectivity index (χ0n) is 8.49. The molecular weight excluding hydrogens is 227 g/mol. The van der Waals surface area contributed by atoms with Gasteiger partial charge in [-0.2, -0.15) is 4.98 Å². The molecule has 0 aliphatic carbocycles. The maximum atomic E-state index is 13.1. The summed E-state index contributed by atoms with van der Waals surface area (Å²) >= 11 is 4.85. The number of hydrogen-bond acceptors (Lipinski definition) is 4. The lowest BCUT2D eigenvalue weighted by molar-refractivity contribution is 0.618. The van der Waals surface area contributed by atoms with Gasteiger partial charge in [0.2, 0.25) is 10.7 Å². The van der Waals surface area contributed by atoms with E-state index in [2.05, 4.69) is 15.0 Å². The fraction of sp³-hybridized carbons (Fsp3) is 0.100. The number of anilines is 1. The molecule has 3 N–H and O–H groups in total. The first kappa shape index (κ1) is 10.7. The Morgan fingerprint density at radius 3 is 2.75 bits per heavy atom. The zero-order valence-corrected chi connectivity index (χ0v) is 9.31. The van der Waals surface area contributed by atoms with E-state index in [1.165, 1.54) is 6.07 Å². The molecular formula is C10H9FN4S. The molecule has 0 saturated carbocycles. The van der Waals surface area contributed by atoms with Gasteiger partial charge in [-0.3, -0.25) is 0 Å². The van der Waals surface area contributed by atoms with Gasteiger partial charge in [-0.05, 0) is 42.9 Å². The Hall–Kier alpha value is -1.82. The lowest BCUT2D eigenvalue weighted by atomic mass is 10.1. The second kappa shape index (κ2) is 3.97. The highest BCUT2D eigenvalue weighted by Crippen LogP contribution is 2.18. The highest BCUT2D eigenvalue weighted by Gasteiger charge is 2.04. The molecule has 0 spiro atoms. The molecule has 1 aromatic heterocycles. The molecule has 0 radical (unpaired) electrons. The first-order chi connectivity index (χ1) is 7.56. The fourth-order valence-electron chi connectivity index (χ4n) is 1.33. The van der Waals surface area contributed by atoms with Crippen LogP contribution in [0.2, 0.25) is 0 Å². The van der Waals surface area contributed by atoms with Gasteiger partial charge in [-0.1, -0.05) is 0 Å². The summed E-state index contributed by atoms with van der Waals surface area (Å²) < 4.78 is 13.2. The van der Waals surface area contributed by atoms with Crippen molar-refractivity contribution >= 4 is 18.2 Å². The maximum Gasteiger partial charge on any atom is 0.224 e. The van der Waals surface area contributed by atoms with Crippen molar-refractivity contribution in [3.8, 4) is 11.4 Å². The molecule has 0 atom stereocenters. The molecule has 2 rings (SSSR count). The van der Waals surface area contributed by atoms with Crippen molar-refractivity contribution in [2.24, 2.45) is 0 Å². The average Bonchev–Trinajstić information content (AvgIpc) is 2.20. The van der Waals surface area contributed by atoms with Gasteiger partial charge in [-0.25, -0.2) is 9.37 Å². The van der Waals surface area contributed by atoms with Crippen LogP contribution in [0.3, 0.4) is 0 Å². The van der Waals surface area contributed by atoms with Gasteiger partial charge in [0.15, 0.2) is 0 Å². The number of H-pyrrole nitrogens is 1. The van der Waals surface area contributed by atoms with E-state index < -0.39 is 0 Å². The minimum Gasteiger partial charge on any atom is -0.369 e. The molecule has 2 aromatic rings. The quantitative estimate of drug-likeness (QED) is 0.745.